The molecule has 0 atom stereocenters. The quantitative estimate of drug-likeness (QED) is 0.545. The topological polar surface area (TPSA) is 84.9 Å². The molecule has 9 heteroatoms. The Hall–Kier alpha value is -3.33. The molecule has 2 aromatic rings. The summed E-state index contributed by atoms with van der Waals surface area (Å²) < 4.78 is 24.9. The first kappa shape index (κ1) is 23.3. The molecule has 0 radical (unpaired) electrons. The minimum absolute atomic E-state index is 0.00121. The number of carbonyl (C=O) groups is 3. The van der Waals surface area contributed by atoms with Crippen LogP contribution in [0.5, 0.6) is 11.5 Å². The molecule has 32 heavy (non-hydrogen) atoms. The zero-order valence-electron chi connectivity index (χ0n) is 17.5. The number of nitrogens with zero attached hydrogens (tertiary/aromatic N) is 1. The number of ether oxygens (including phenoxy) is 2. The van der Waals surface area contributed by atoms with Crippen molar-refractivity contribution in [1.82, 2.24) is 10.2 Å². The molecular formula is C23H23FN2O5S. The number of benzene rings is 2. The highest BCUT2D eigenvalue weighted by Gasteiger charge is 2.34. The predicted molar refractivity (Wildman–Crippen MR) is 120 cm³/mol. The molecule has 0 aliphatic carbocycles. The molecule has 3 rings (SSSR count). The van der Waals surface area contributed by atoms with E-state index in [1.807, 2.05) is 13.0 Å². The highest BCUT2D eigenvalue weighted by atomic mass is 32.2. The summed E-state index contributed by atoms with van der Waals surface area (Å²) in [6, 6.07) is 13.1. The van der Waals surface area contributed by atoms with Crippen molar-refractivity contribution >= 4 is 34.9 Å². The van der Waals surface area contributed by atoms with E-state index in [-0.39, 0.29) is 30.2 Å². The molecule has 0 saturated carbocycles. The first-order valence-corrected chi connectivity index (χ1v) is 10.9. The van der Waals surface area contributed by atoms with Gasteiger partial charge in [0.05, 0.1) is 11.5 Å². The lowest BCUT2D eigenvalue weighted by atomic mass is 10.2. The van der Waals surface area contributed by atoms with Crippen molar-refractivity contribution < 1.29 is 28.2 Å². The van der Waals surface area contributed by atoms with Crippen LogP contribution in [0.4, 0.5) is 9.18 Å². The summed E-state index contributed by atoms with van der Waals surface area (Å²) in [6.45, 7) is 2.36. The molecule has 0 unspecified atom stereocenters. The smallest absolute Gasteiger partial charge is 0.293 e. The summed E-state index contributed by atoms with van der Waals surface area (Å²) in [6.07, 6.45) is 2.20. The number of imide groups is 1. The Morgan fingerprint density at radius 2 is 1.78 bits per heavy atom. The van der Waals surface area contributed by atoms with Crippen LogP contribution in [0.25, 0.3) is 6.08 Å². The minimum atomic E-state index is -0.518. The van der Waals surface area contributed by atoms with Gasteiger partial charge in [-0.2, -0.15) is 0 Å². The zero-order valence-corrected chi connectivity index (χ0v) is 18.3. The lowest BCUT2D eigenvalue weighted by Crippen LogP contribution is -2.38. The number of rotatable bonds is 10. The second-order valence-electron chi connectivity index (χ2n) is 6.79. The maximum Gasteiger partial charge on any atom is 0.293 e. The number of thioether (sulfide) groups is 1. The molecule has 1 fully saturated rings. The normalized spacial score (nSPS) is 14.7. The first-order valence-electron chi connectivity index (χ1n) is 10.1. The molecule has 1 heterocycles. The summed E-state index contributed by atoms with van der Waals surface area (Å²) in [5.41, 5.74) is 0.228. The van der Waals surface area contributed by atoms with Gasteiger partial charge >= 0.3 is 0 Å². The van der Waals surface area contributed by atoms with E-state index in [0.717, 1.165) is 23.1 Å². The van der Waals surface area contributed by atoms with E-state index in [0.29, 0.717) is 18.1 Å². The molecule has 7 nitrogen and oxygen atoms in total. The summed E-state index contributed by atoms with van der Waals surface area (Å²) in [5.74, 6) is -0.380. The van der Waals surface area contributed by atoms with E-state index in [1.165, 1.54) is 18.2 Å². The molecule has 1 saturated heterocycles. The van der Waals surface area contributed by atoms with Gasteiger partial charge in [0, 0.05) is 18.7 Å². The number of amides is 3. The third-order valence-electron chi connectivity index (χ3n) is 4.39. The van der Waals surface area contributed by atoms with Crippen molar-refractivity contribution in [1.29, 1.82) is 0 Å². The average Bonchev–Trinajstić information content (AvgIpc) is 3.05. The van der Waals surface area contributed by atoms with Crippen molar-refractivity contribution in [2.45, 2.75) is 13.3 Å². The number of hydrogen-bond donors (Lipinski definition) is 1. The van der Waals surface area contributed by atoms with Crippen LogP contribution in [0.1, 0.15) is 18.9 Å². The largest absolute Gasteiger partial charge is 0.490 e. The Morgan fingerprint density at radius 3 is 2.50 bits per heavy atom. The number of para-hydroxylation sites is 2. The molecule has 2 aromatic carbocycles. The molecule has 1 aliphatic rings. The lowest BCUT2D eigenvalue weighted by molar-refractivity contribution is -0.125. The van der Waals surface area contributed by atoms with E-state index in [9.17, 15) is 18.8 Å². The number of carbonyl (C=O) groups excluding carboxylic acids is 3. The van der Waals surface area contributed by atoms with Gasteiger partial charge in [-0.25, -0.2) is 4.39 Å². The van der Waals surface area contributed by atoms with Gasteiger partial charge in [-0.15, -0.1) is 0 Å². The van der Waals surface area contributed by atoms with Crippen molar-refractivity contribution in [3.05, 3.63) is 64.8 Å². The van der Waals surface area contributed by atoms with Gasteiger partial charge in [0.15, 0.2) is 18.1 Å². The van der Waals surface area contributed by atoms with Gasteiger partial charge < -0.3 is 14.8 Å². The average molecular weight is 459 g/mol. The van der Waals surface area contributed by atoms with Crippen LogP contribution in [0.2, 0.25) is 0 Å². The minimum Gasteiger partial charge on any atom is -0.490 e. The van der Waals surface area contributed by atoms with Crippen LogP contribution < -0.4 is 14.8 Å². The van der Waals surface area contributed by atoms with Crippen molar-refractivity contribution in [3.8, 4) is 11.5 Å². The van der Waals surface area contributed by atoms with Gasteiger partial charge in [-0.3, -0.25) is 19.3 Å². The first-order chi connectivity index (χ1) is 15.5. The molecule has 0 aromatic heterocycles. The number of nitrogens with one attached hydrogen (secondary N) is 1. The Balaban J connectivity index is 1.48. The molecule has 0 bridgehead atoms. The van der Waals surface area contributed by atoms with E-state index < -0.39 is 22.9 Å². The monoisotopic (exact) mass is 458 g/mol. The van der Waals surface area contributed by atoms with Gasteiger partial charge in [0.1, 0.15) is 5.82 Å². The van der Waals surface area contributed by atoms with Crippen molar-refractivity contribution in [2.75, 3.05) is 26.3 Å². The second kappa shape index (κ2) is 11.3. The van der Waals surface area contributed by atoms with Crippen LogP contribution >= 0.6 is 11.8 Å². The summed E-state index contributed by atoms with van der Waals surface area (Å²) in [7, 11) is 0. The van der Waals surface area contributed by atoms with Crippen LogP contribution in [0, 0.1) is 5.82 Å². The standard InChI is InChI=1S/C23H23FN2O5S/c1-2-13-30-18-9-5-6-10-19(18)31-15-21(27)25-11-12-26-22(28)20(32-23(26)29)14-16-7-3-4-8-17(16)24/h3-10,14H,2,11-13,15H2,1H3,(H,25,27)/b20-14-. The number of halogens is 1. The summed E-state index contributed by atoms with van der Waals surface area (Å²) in [4.78, 5) is 37.9. The Labute approximate surface area is 189 Å². The fourth-order valence-corrected chi connectivity index (χ4v) is 3.68. The fraction of sp³-hybridized carbons (Fsp3) is 0.261. The van der Waals surface area contributed by atoms with Crippen LogP contribution in [-0.4, -0.2) is 48.3 Å². The summed E-state index contributed by atoms with van der Waals surface area (Å²) in [5, 5.41) is 2.15. The van der Waals surface area contributed by atoms with Gasteiger partial charge in [0.2, 0.25) is 0 Å². The molecule has 168 valence electrons. The van der Waals surface area contributed by atoms with Gasteiger partial charge in [-0.1, -0.05) is 37.3 Å². The molecule has 0 spiro atoms. The lowest BCUT2D eigenvalue weighted by Gasteiger charge is -2.14. The molecular weight excluding hydrogens is 435 g/mol. The third-order valence-corrected chi connectivity index (χ3v) is 5.30. The van der Waals surface area contributed by atoms with Gasteiger partial charge in [0.25, 0.3) is 17.1 Å². The molecule has 3 amide bonds. The van der Waals surface area contributed by atoms with Crippen LogP contribution in [0.3, 0.4) is 0 Å². The molecule has 1 N–H and O–H groups in total. The van der Waals surface area contributed by atoms with Crippen LogP contribution in [0.15, 0.2) is 53.4 Å². The molecule has 1 aliphatic heterocycles. The second-order valence-corrected chi connectivity index (χ2v) is 7.78. The van der Waals surface area contributed by atoms with Crippen LogP contribution in [-0.2, 0) is 9.59 Å². The van der Waals surface area contributed by atoms with E-state index in [2.05, 4.69) is 5.32 Å². The number of hydrogen-bond acceptors (Lipinski definition) is 6. The Kier molecular flexibility index (Phi) is 8.27. The van der Waals surface area contributed by atoms with Crippen molar-refractivity contribution in [3.63, 3.8) is 0 Å². The highest BCUT2D eigenvalue weighted by molar-refractivity contribution is 8.18. The SMILES string of the molecule is CCCOc1ccccc1OCC(=O)NCCN1C(=O)S/C(=C\c2ccccc2F)C1=O. The van der Waals surface area contributed by atoms with E-state index in [1.54, 1.807) is 30.3 Å². The Morgan fingerprint density at radius 1 is 1.09 bits per heavy atom. The summed E-state index contributed by atoms with van der Waals surface area (Å²) >= 11 is 0.740. The van der Waals surface area contributed by atoms with Gasteiger partial charge in [-0.05, 0) is 42.5 Å². The predicted octanol–water partition coefficient (Wildman–Crippen LogP) is 3.85. The third kappa shape index (κ3) is 6.10. The fourth-order valence-electron chi connectivity index (χ4n) is 2.83. The highest BCUT2D eigenvalue weighted by Crippen LogP contribution is 2.32. The Bertz CT molecular complexity index is 1030. The zero-order chi connectivity index (χ0) is 22.9. The van der Waals surface area contributed by atoms with E-state index >= 15 is 0 Å². The van der Waals surface area contributed by atoms with Crippen molar-refractivity contribution in [2.24, 2.45) is 0 Å². The van der Waals surface area contributed by atoms with E-state index in [4.69, 9.17) is 9.47 Å². The maximum atomic E-state index is 13.8. The maximum absolute atomic E-state index is 13.8.